The van der Waals surface area contributed by atoms with Crippen molar-refractivity contribution in [3.8, 4) is 11.4 Å². The minimum atomic E-state index is 0.947. The molecule has 0 saturated carbocycles. The van der Waals surface area contributed by atoms with Gasteiger partial charge in [0.15, 0.2) is 0 Å². The highest BCUT2D eigenvalue weighted by molar-refractivity contribution is 5.55. The molecule has 1 aliphatic rings. The van der Waals surface area contributed by atoms with Crippen LogP contribution < -0.4 is 16.0 Å². The third kappa shape index (κ3) is 7.28. The molecule has 6 nitrogen and oxygen atoms in total. The molecule has 0 aliphatic carbocycles. The van der Waals surface area contributed by atoms with Gasteiger partial charge >= 0.3 is 0 Å². The molecule has 1 aliphatic heterocycles. The lowest BCUT2D eigenvalue weighted by Crippen LogP contribution is -2.36. The largest absolute Gasteiger partial charge is 0.315 e. The predicted molar refractivity (Wildman–Crippen MR) is 115 cm³/mol. The van der Waals surface area contributed by atoms with Crippen molar-refractivity contribution in [2.24, 2.45) is 0 Å². The molecule has 0 spiro atoms. The predicted octanol–water partition coefficient (Wildman–Crippen LogP) is 1.82. The van der Waals surface area contributed by atoms with Gasteiger partial charge in [0.1, 0.15) is 0 Å². The number of hydrogen-bond donors (Lipinski definition) is 3. The molecule has 3 rings (SSSR count). The molecule has 0 aromatic carbocycles. The van der Waals surface area contributed by atoms with Crippen LogP contribution in [0.2, 0.25) is 0 Å². The first-order chi connectivity index (χ1) is 13.8. The molecule has 2 aromatic heterocycles. The Balaban J connectivity index is 1.61. The molecule has 6 heteroatoms. The zero-order valence-corrected chi connectivity index (χ0v) is 17.1. The lowest BCUT2D eigenvalue weighted by atomic mass is 10.1. The number of hydrogen-bond acceptors (Lipinski definition) is 6. The van der Waals surface area contributed by atoms with E-state index in [-0.39, 0.29) is 0 Å². The van der Waals surface area contributed by atoms with Crippen LogP contribution in [0.15, 0.2) is 36.7 Å². The summed E-state index contributed by atoms with van der Waals surface area (Å²) in [5.74, 6) is 0. The van der Waals surface area contributed by atoms with Crippen molar-refractivity contribution in [3.63, 3.8) is 0 Å². The Morgan fingerprint density at radius 3 is 2.25 bits per heavy atom. The third-order valence-corrected chi connectivity index (χ3v) is 5.03. The quantitative estimate of drug-likeness (QED) is 0.753. The van der Waals surface area contributed by atoms with Crippen LogP contribution in [0.4, 0.5) is 0 Å². The van der Waals surface area contributed by atoms with Gasteiger partial charge in [-0.2, -0.15) is 0 Å². The highest BCUT2D eigenvalue weighted by atomic mass is 15.1. The van der Waals surface area contributed by atoms with E-state index < -0.39 is 0 Å². The first-order valence-electron chi connectivity index (χ1n) is 10.5. The number of aryl methyl sites for hydroxylation is 1. The van der Waals surface area contributed by atoms with E-state index in [4.69, 9.17) is 0 Å². The van der Waals surface area contributed by atoms with Crippen LogP contribution >= 0.6 is 0 Å². The number of pyridine rings is 2. The molecule has 0 unspecified atom stereocenters. The molecule has 0 radical (unpaired) electrons. The second kappa shape index (κ2) is 11.9. The number of nitrogens with one attached hydrogen (secondary N) is 3. The summed E-state index contributed by atoms with van der Waals surface area (Å²) in [6.07, 6.45) is 6.11. The van der Waals surface area contributed by atoms with E-state index in [1.54, 1.807) is 0 Å². The normalized spacial score (nSPS) is 18.5. The van der Waals surface area contributed by atoms with E-state index in [9.17, 15) is 0 Å². The lowest BCUT2D eigenvalue weighted by molar-refractivity contribution is 0.260. The Kier molecular flexibility index (Phi) is 8.84. The van der Waals surface area contributed by atoms with Gasteiger partial charge in [0.05, 0.1) is 11.4 Å². The Morgan fingerprint density at radius 2 is 1.46 bits per heavy atom. The van der Waals surface area contributed by atoms with Crippen LogP contribution in [0, 0.1) is 6.92 Å². The first kappa shape index (κ1) is 20.9. The van der Waals surface area contributed by atoms with Crippen LogP contribution in [0.25, 0.3) is 11.4 Å². The van der Waals surface area contributed by atoms with Crippen molar-refractivity contribution in [2.45, 2.75) is 26.3 Å². The fraction of sp³-hybridized carbons (Fsp3) is 0.545. The van der Waals surface area contributed by atoms with Crippen molar-refractivity contribution < 1.29 is 0 Å². The van der Waals surface area contributed by atoms with Gasteiger partial charge in [-0.1, -0.05) is 0 Å². The lowest BCUT2D eigenvalue weighted by Gasteiger charge is -2.23. The van der Waals surface area contributed by atoms with E-state index in [2.05, 4.69) is 55.9 Å². The van der Waals surface area contributed by atoms with E-state index in [0.717, 1.165) is 76.7 Å². The topological polar surface area (TPSA) is 65.1 Å². The summed E-state index contributed by atoms with van der Waals surface area (Å²) in [6, 6.07) is 8.43. The summed E-state index contributed by atoms with van der Waals surface area (Å²) in [7, 11) is 0. The molecule has 1 saturated heterocycles. The van der Waals surface area contributed by atoms with Gasteiger partial charge in [-0.25, -0.2) is 0 Å². The van der Waals surface area contributed by atoms with Gasteiger partial charge in [0, 0.05) is 45.1 Å². The Bertz CT molecular complexity index is 691. The van der Waals surface area contributed by atoms with Gasteiger partial charge < -0.3 is 16.0 Å². The number of aromatic nitrogens is 2. The van der Waals surface area contributed by atoms with Crippen molar-refractivity contribution >= 4 is 0 Å². The number of rotatable bonds is 3. The molecule has 2 aromatic rings. The molecular formula is C22H34N6. The van der Waals surface area contributed by atoms with Crippen molar-refractivity contribution in [1.82, 2.24) is 30.8 Å². The van der Waals surface area contributed by atoms with Gasteiger partial charge in [-0.3, -0.25) is 14.9 Å². The highest BCUT2D eigenvalue weighted by Crippen LogP contribution is 2.17. The van der Waals surface area contributed by atoms with Crippen LogP contribution in [0.1, 0.15) is 24.0 Å². The van der Waals surface area contributed by atoms with E-state index in [1.807, 2.05) is 18.5 Å². The molecule has 0 atom stereocenters. The molecule has 0 bridgehead atoms. The summed E-state index contributed by atoms with van der Waals surface area (Å²) < 4.78 is 0. The molecule has 28 heavy (non-hydrogen) atoms. The molecule has 152 valence electrons. The van der Waals surface area contributed by atoms with Crippen LogP contribution in [0.5, 0.6) is 0 Å². The maximum absolute atomic E-state index is 4.54. The summed E-state index contributed by atoms with van der Waals surface area (Å²) in [5, 5.41) is 10.6. The Hall–Kier alpha value is -1.86. The van der Waals surface area contributed by atoms with Gasteiger partial charge in [0.25, 0.3) is 0 Å². The van der Waals surface area contributed by atoms with Gasteiger partial charge in [-0.15, -0.1) is 0 Å². The van der Waals surface area contributed by atoms with E-state index in [0.29, 0.717) is 0 Å². The second-order valence-electron chi connectivity index (χ2n) is 7.50. The van der Waals surface area contributed by atoms with E-state index >= 15 is 0 Å². The average molecular weight is 383 g/mol. The maximum atomic E-state index is 4.54. The molecular weight excluding hydrogens is 348 g/mol. The van der Waals surface area contributed by atoms with Crippen molar-refractivity contribution in [1.29, 1.82) is 0 Å². The summed E-state index contributed by atoms with van der Waals surface area (Å²) >= 11 is 0. The fourth-order valence-electron chi connectivity index (χ4n) is 3.47. The second-order valence-corrected chi connectivity index (χ2v) is 7.50. The average Bonchev–Trinajstić information content (AvgIpc) is 2.71. The Labute approximate surface area is 169 Å². The highest BCUT2D eigenvalue weighted by Gasteiger charge is 2.09. The van der Waals surface area contributed by atoms with Gasteiger partial charge in [-0.05, 0) is 81.3 Å². The smallest absolute Gasteiger partial charge is 0.0889 e. The SMILES string of the molecule is Cc1ccnc(-c2cc(CN3CCCNCCNCCCNCC3)ccn2)c1. The van der Waals surface area contributed by atoms with Crippen LogP contribution in [-0.2, 0) is 6.54 Å². The van der Waals surface area contributed by atoms with Crippen molar-refractivity contribution in [3.05, 3.63) is 47.8 Å². The first-order valence-corrected chi connectivity index (χ1v) is 10.5. The summed E-state index contributed by atoms with van der Waals surface area (Å²) in [5.41, 5.74) is 4.41. The summed E-state index contributed by atoms with van der Waals surface area (Å²) in [4.78, 5) is 11.6. The van der Waals surface area contributed by atoms with Crippen molar-refractivity contribution in [2.75, 3.05) is 52.4 Å². The van der Waals surface area contributed by atoms with E-state index in [1.165, 1.54) is 17.5 Å². The minimum absolute atomic E-state index is 0.947. The van der Waals surface area contributed by atoms with Crippen LogP contribution in [0.3, 0.4) is 0 Å². The summed E-state index contributed by atoms with van der Waals surface area (Å²) in [6.45, 7) is 11.6. The van der Waals surface area contributed by atoms with Crippen LogP contribution in [-0.4, -0.2) is 67.2 Å². The molecule has 3 heterocycles. The molecule has 1 fully saturated rings. The minimum Gasteiger partial charge on any atom is -0.315 e. The fourth-order valence-corrected chi connectivity index (χ4v) is 3.47. The standard InChI is InChI=1S/C22H34N6/c1-19-4-9-26-21(16-19)22-17-20(5-10-27-22)18-28-14-3-8-24-12-11-23-6-2-7-25-13-15-28/h4-5,9-10,16-17,23-25H,2-3,6-8,11-15,18H2,1H3. The molecule has 3 N–H and O–H groups in total. The number of nitrogens with zero attached hydrogens (tertiary/aromatic N) is 3. The third-order valence-electron chi connectivity index (χ3n) is 5.03. The monoisotopic (exact) mass is 382 g/mol. The Morgan fingerprint density at radius 1 is 0.786 bits per heavy atom. The van der Waals surface area contributed by atoms with Gasteiger partial charge in [0.2, 0.25) is 0 Å². The zero-order chi connectivity index (χ0) is 19.4. The zero-order valence-electron chi connectivity index (χ0n) is 17.1. The molecule has 0 amide bonds. The maximum Gasteiger partial charge on any atom is 0.0889 e.